The zero-order valence-electron chi connectivity index (χ0n) is 14.3. The van der Waals surface area contributed by atoms with E-state index in [1.165, 1.54) is 5.56 Å². The molecule has 3 rings (SSSR count). The van der Waals surface area contributed by atoms with Gasteiger partial charge in [0.1, 0.15) is 0 Å². The lowest BCUT2D eigenvalue weighted by molar-refractivity contribution is 0.550. The summed E-state index contributed by atoms with van der Waals surface area (Å²) in [6.45, 7) is -0.124. The number of benzene rings is 1. The summed E-state index contributed by atoms with van der Waals surface area (Å²) in [4.78, 5) is 0.217. The van der Waals surface area contributed by atoms with Crippen LogP contribution in [0.25, 0.3) is 0 Å². The summed E-state index contributed by atoms with van der Waals surface area (Å²) >= 11 is 0. The van der Waals surface area contributed by atoms with Crippen molar-refractivity contribution in [1.82, 2.24) is 9.44 Å². The number of sulfonamides is 2. The first-order chi connectivity index (χ1) is 11.9. The second-order valence-electron chi connectivity index (χ2n) is 6.95. The molecule has 0 heterocycles. The molecule has 1 saturated carbocycles. The van der Waals surface area contributed by atoms with E-state index in [1.54, 1.807) is 12.1 Å². The van der Waals surface area contributed by atoms with Gasteiger partial charge in [-0.15, -0.1) is 0 Å². The van der Waals surface area contributed by atoms with E-state index in [9.17, 15) is 16.8 Å². The number of rotatable bonds is 7. The van der Waals surface area contributed by atoms with E-state index in [0.717, 1.165) is 56.9 Å². The molecule has 0 atom stereocenters. The van der Waals surface area contributed by atoms with E-state index >= 15 is 0 Å². The minimum Gasteiger partial charge on any atom is -0.212 e. The van der Waals surface area contributed by atoms with Crippen LogP contribution in [0.3, 0.4) is 0 Å². The van der Waals surface area contributed by atoms with E-state index in [2.05, 4.69) is 9.44 Å². The van der Waals surface area contributed by atoms with Crippen LogP contribution in [-0.2, 0) is 32.9 Å². The Bertz CT molecular complexity index is 813. The fourth-order valence-electron chi connectivity index (χ4n) is 3.63. The maximum atomic E-state index is 12.4. The highest BCUT2D eigenvalue weighted by molar-refractivity contribution is 7.90. The largest absolute Gasteiger partial charge is 0.240 e. The van der Waals surface area contributed by atoms with Crippen molar-refractivity contribution in [2.75, 3.05) is 12.3 Å². The first-order valence-electron chi connectivity index (χ1n) is 8.97. The molecule has 0 radical (unpaired) electrons. The third-order valence-electron chi connectivity index (χ3n) is 4.99. The Morgan fingerprint density at radius 2 is 1.60 bits per heavy atom. The molecule has 8 heteroatoms. The van der Waals surface area contributed by atoms with Gasteiger partial charge in [0.05, 0.1) is 10.6 Å². The molecule has 0 bridgehead atoms. The van der Waals surface area contributed by atoms with Gasteiger partial charge < -0.3 is 0 Å². The molecule has 1 aromatic carbocycles. The third kappa shape index (κ3) is 5.03. The SMILES string of the molecule is O=S(=O)(CCNS(=O)(=O)c1ccc2c(c1)CCCC2)NC1CCCC1. The fourth-order valence-corrected chi connectivity index (χ4v) is 6.07. The van der Waals surface area contributed by atoms with Crippen LogP contribution in [0.1, 0.15) is 49.7 Å². The van der Waals surface area contributed by atoms with Gasteiger partial charge in [-0.25, -0.2) is 26.3 Å². The van der Waals surface area contributed by atoms with E-state index < -0.39 is 20.0 Å². The van der Waals surface area contributed by atoms with Crippen LogP contribution in [0.4, 0.5) is 0 Å². The van der Waals surface area contributed by atoms with Gasteiger partial charge >= 0.3 is 0 Å². The minimum absolute atomic E-state index is 0.00209. The predicted octanol–water partition coefficient (Wildman–Crippen LogP) is 1.71. The zero-order chi connectivity index (χ0) is 17.9. The lowest BCUT2D eigenvalue weighted by Crippen LogP contribution is -2.38. The third-order valence-corrected chi connectivity index (χ3v) is 7.89. The van der Waals surface area contributed by atoms with Crippen molar-refractivity contribution >= 4 is 20.0 Å². The molecular formula is C17H26N2O4S2. The summed E-state index contributed by atoms with van der Waals surface area (Å²) < 4.78 is 54.0. The number of aryl methyl sites for hydroxylation is 2. The molecule has 2 aliphatic rings. The molecule has 0 unspecified atom stereocenters. The number of nitrogens with one attached hydrogen (secondary N) is 2. The molecule has 1 fully saturated rings. The maximum absolute atomic E-state index is 12.4. The van der Waals surface area contributed by atoms with Gasteiger partial charge in [-0.05, 0) is 61.8 Å². The van der Waals surface area contributed by atoms with Gasteiger partial charge in [-0.3, -0.25) is 0 Å². The Balaban J connectivity index is 1.58. The van der Waals surface area contributed by atoms with Crippen LogP contribution < -0.4 is 9.44 Å². The van der Waals surface area contributed by atoms with Crippen LogP contribution in [0, 0.1) is 0 Å². The average Bonchev–Trinajstić information content (AvgIpc) is 3.06. The molecular weight excluding hydrogens is 360 g/mol. The average molecular weight is 387 g/mol. The highest BCUT2D eigenvalue weighted by atomic mass is 32.2. The van der Waals surface area contributed by atoms with Crippen LogP contribution >= 0.6 is 0 Å². The van der Waals surface area contributed by atoms with Gasteiger partial charge in [0.2, 0.25) is 20.0 Å². The summed E-state index contributed by atoms with van der Waals surface area (Å²) in [6.07, 6.45) is 7.92. The first kappa shape index (κ1) is 18.8. The smallest absolute Gasteiger partial charge is 0.212 e. The van der Waals surface area contributed by atoms with Crippen molar-refractivity contribution in [3.63, 3.8) is 0 Å². The monoisotopic (exact) mass is 386 g/mol. The molecule has 0 aliphatic heterocycles. The minimum atomic E-state index is -3.69. The van der Waals surface area contributed by atoms with Gasteiger partial charge in [-0.2, -0.15) is 0 Å². The molecule has 0 saturated heterocycles. The summed E-state index contributed by atoms with van der Waals surface area (Å²) in [5.41, 5.74) is 2.30. The number of hydrogen-bond donors (Lipinski definition) is 2. The quantitative estimate of drug-likeness (QED) is 0.746. The Kier molecular flexibility index (Phi) is 5.82. The van der Waals surface area contributed by atoms with Crippen molar-refractivity contribution in [2.24, 2.45) is 0 Å². The zero-order valence-corrected chi connectivity index (χ0v) is 16.0. The van der Waals surface area contributed by atoms with E-state index in [1.807, 2.05) is 6.07 Å². The van der Waals surface area contributed by atoms with Crippen LogP contribution in [-0.4, -0.2) is 35.2 Å². The number of fused-ring (bicyclic) bond motifs is 1. The summed E-state index contributed by atoms with van der Waals surface area (Å²) in [7, 11) is -7.15. The van der Waals surface area contributed by atoms with Crippen molar-refractivity contribution in [3.8, 4) is 0 Å². The van der Waals surface area contributed by atoms with Gasteiger partial charge in [0.15, 0.2) is 0 Å². The van der Waals surface area contributed by atoms with Gasteiger partial charge in [-0.1, -0.05) is 18.9 Å². The normalized spacial score (nSPS) is 19.0. The molecule has 2 N–H and O–H groups in total. The van der Waals surface area contributed by atoms with Crippen molar-refractivity contribution < 1.29 is 16.8 Å². The summed E-state index contributed by atoms with van der Waals surface area (Å²) in [5, 5.41) is 0. The highest BCUT2D eigenvalue weighted by Crippen LogP contribution is 2.24. The lowest BCUT2D eigenvalue weighted by Gasteiger charge is -2.17. The molecule has 1 aromatic rings. The van der Waals surface area contributed by atoms with E-state index in [0.29, 0.717) is 0 Å². The van der Waals surface area contributed by atoms with Crippen LogP contribution in [0.2, 0.25) is 0 Å². The molecule has 0 amide bonds. The van der Waals surface area contributed by atoms with Gasteiger partial charge in [0.25, 0.3) is 0 Å². The molecule has 0 aromatic heterocycles. The standard InChI is InChI=1S/C17H26N2O4S2/c20-24(21,19-16-7-3-4-8-16)12-11-18-25(22,23)17-10-9-14-5-1-2-6-15(14)13-17/h9-10,13,16,18-19H,1-8,11-12H2. The lowest BCUT2D eigenvalue weighted by atomic mass is 9.92. The van der Waals surface area contributed by atoms with Crippen LogP contribution in [0.15, 0.2) is 23.1 Å². The van der Waals surface area contributed by atoms with E-state index in [4.69, 9.17) is 0 Å². The van der Waals surface area contributed by atoms with Crippen molar-refractivity contribution in [2.45, 2.75) is 62.3 Å². The second kappa shape index (κ2) is 7.73. The second-order valence-corrected chi connectivity index (χ2v) is 10.6. The molecule has 25 heavy (non-hydrogen) atoms. The maximum Gasteiger partial charge on any atom is 0.240 e. The van der Waals surface area contributed by atoms with Crippen LogP contribution in [0.5, 0.6) is 0 Å². The Morgan fingerprint density at radius 3 is 2.32 bits per heavy atom. The van der Waals surface area contributed by atoms with E-state index in [-0.39, 0.29) is 23.2 Å². The molecule has 6 nitrogen and oxygen atoms in total. The number of hydrogen-bond acceptors (Lipinski definition) is 4. The topological polar surface area (TPSA) is 92.3 Å². The Labute approximate surface area is 150 Å². The Morgan fingerprint density at radius 1 is 0.920 bits per heavy atom. The summed E-state index contributed by atoms with van der Waals surface area (Å²) in [6, 6.07) is 5.21. The van der Waals surface area contributed by atoms with Crippen molar-refractivity contribution in [3.05, 3.63) is 29.3 Å². The molecule has 140 valence electrons. The van der Waals surface area contributed by atoms with Crippen molar-refractivity contribution in [1.29, 1.82) is 0 Å². The fraction of sp³-hybridized carbons (Fsp3) is 0.647. The Hall–Kier alpha value is -0.960. The first-order valence-corrected chi connectivity index (χ1v) is 12.1. The summed E-state index contributed by atoms with van der Waals surface area (Å²) in [5.74, 6) is -0.242. The van der Waals surface area contributed by atoms with Gasteiger partial charge in [0, 0.05) is 12.6 Å². The molecule has 0 spiro atoms. The highest BCUT2D eigenvalue weighted by Gasteiger charge is 2.22. The predicted molar refractivity (Wildman–Crippen MR) is 97.5 cm³/mol. The molecule has 2 aliphatic carbocycles.